The van der Waals surface area contributed by atoms with E-state index in [0.717, 1.165) is 6.42 Å². The minimum absolute atomic E-state index is 0.971. The van der Waals surface area contributed by atoms with E-state index in [1.54, 1.807) is 5.54 Å². The molecule has 0 amide bonds. The quantitative estimate of drug-likeness (QED) is 0.757. The van der Waals surface area contributed by atoms with Gasteiger partial charge in [-0.15, -0.1) is 0 Å². The minimum atomic E-state index is -1.31. The van der Waals surface area contributed by atoms with Crippen LogP contribution in [0.15, 0.2) is 48.8 Å². The van der Waals surface area contributed by atoms with Gasteiger partial charge < -0.3 is 0 Å². The monoisotopic (exact) mass is 278 g/mol. The third-order valence-electron chi connectivity index (χ3n) is 3.81. The molecule has 3 rings (SSSR count). The van der Waals surface area contributed by atoms with Gasteiger partial charge in [0.1, 0.15) is 0 Å². The van der Waals surface area contributed by atoms with Crippen molar-refractivity contribution >= 4 is 8.07 Å². The van der Waals surface area contributed by atoms with Crippen LogP contribution in [0.2, 0.25) is 19.6 Å². The van der Waals surface area contributed by atoms with Crippen LogP contribution in [-0.2, 0) is 6.42 Å². The van der Waals surface area contributed by atoms with Crippen molar-refractivity contribution in [2.75, 3.05) is 0 Å². The first-order valence-electron chi connectivity index (χ1n) is 7.12. The van der Waals surface area contributed by atoms with E-state index < -0.39 is 8.07 Å². The Kier molecular flexibility index (Phi) is 3.68. The van der Waals surface area contributed by atoms with Gasteiger partial charge in [-0.2, -0.15) is 0 Å². The van der Waals surface area contributed by atoms with E-state index in [-0.39, 0.29) is 0 Å². The lowest BCUT2D eigenvalue weighted by Crippen LogP contribution is -2.33. The Hall–Kier alpha value is -1.15. The summed E-state index contributed by atoms with van der Waals surface area (Å²) in [5.41, 5.74) is 2.86. The summed E-state index contributed by atoms with van der Waals surface area (Å²) in [4.78, 5) is 4.23. The van der Waals surface area contributed by atoms with Gasteiger partial charge in [0.15, 0.2) is 0 Å². The van der Waals surface area contributed by atoms with E-state index in [9.17, 15) is 0 Å². The zero-order chi connectivity index (χ0) is 14.2. The lowest BCUT2D eigenvalue weighted by Gasteiger charge is -2.29. The van der Waals surface area contributed by atoms with Crippen LogP contribution in [0.5, 0.6) is 0 Å². The molecule has 1 aromatic heterocycles. The molecule has 1 heterocycles. The number of aromatic nitrogens is 1. The van der Waals surface area contributed by atoms with Crippen molar-refractivity contribution in [3.8, 4) is 0 Å². The maximum atomic E-state index is 4.23. The first kappa shape index (κ1) is 13.8. The molecule has 1 aromatic rings. The molecule has 1 saturated carbocycles. The molecular weight excluding hydrogens is 258 g/mol. The maximum Gasteiger partial charge on any atom is 0.0525 e. The Labute approximate surface area is 123 Å². The Morgan fingerprint density at radius 1 is 1.05 bits per heavy atom. The summed E-state index contributed by atoms with van der Waals surface area (Å²) in [6.07, 6.45) is 16.0. The normalized spacial score (nSPS) is 21.6. The van der Waals surface area contributed by atoms with Crippen molar-refractivity contribution in [2.24, 2.45) is 0 Å². The highest BCUT2D eigenvalue weighted by molar-refractivity contribution is 6.83. The van der Waals surface area contributed by atoms with Crippen LogP contribution in [0.25, 0.3) is 0 Å². The molecule has 2 aliphatic rings. The van der Waals surface area contributed by atoms with E-state index >= 15 is 0 Å². The van der Waals surface area contributed by atoms with Crippen LogP contribution in [0.4, 0.5) is 0 Å². The van der Waals surface area contributed by atoms with E-state index in [2.05, 4.69) is 61.4 Å². The first-order chi connectivity index (χ1) is 9.55. The van der Waals surface area contributed by atoms with Gasteiger partial charge in [0.2, 0.25) is 0 Å². The summed E-state index contributed by atoms with van der Waals surface area (Å²) < 4.78 is 0. The summed E-state index contributed by atoms with van der Waals surface area (Å²) in [5, 5.41) is 0. The Morgan fingerprint density at radius 2 is 1.80 bits per heavy atom. The van der Waals surface area contributed by atoms with Gasteiger partial charge >= 0.3 is 0 Å². The molecule has 20 heavy (non-hydrogen) atoms. The van der Waals surface area contributed by atoms with Crippen LogP contribution < -0.4 is 0 Å². The highest BCUT2D eigenvalue weighted by Crippen LogP contribution is 2.53. The maximum absolute atomic E-state index is 4.23. The number of pyridine rings is 1. The summed E-state index contributed by atoms with van der Waals surface area (Å²) in [5.74, 6) is 4.30. The lowest BCUT2D eigenvalue weighted by molar-refractivity contribution is 0.971. The molecule has 0 aromatic carbocycles. The lowest BCUT2D eigenvalue weighted by atomic mass is 9.83. The van der Waals surface area contributed by atoms with Gasteiger partial charge in [-0.1, -0.05) is 50.0 Å². The van der Waals surface area contributed by atoms with E-state index in [0.29, 0.717) is 0 Å². The van der Waals surface area contributed by atoms with E-state index in [1.165, 1.54) is 23.3 Å². The molecule has 1 nitrogen and oxygen atoms in total. The van der Waals surface area contributed by atoms with Crippen molar-refractivity contribution in [3.63, 3.8) is 0 Å². The van der Waals surface area contributed by atoms with Crippen LogP contribution in [-0.4, -0.2) is 13.1 Å². The smallest absolute Gasteiger partial charge is 0.0525 e. The van der Waals surface area contributed by atoms with Crippen LogP contribution in [0.1, 0.15) is 5.56 Å². The minimum Gasteiger partial charge on any atom is -0.264 e. The van der Waals surface area contributed by atoms with Crippen molar-refractivity contribution < 1.29 is 0 Å². The zero-order valence-electron chi connectivity index (χ0n) is 12.4. The van der Waals surface area contributed by atoms with Gasteiger partial charge in [0.25, 0.3) is 0 Å². The second kappa shape index (κ2) is 5.32. The summed E-state index contributed by atoms with van der Waals surface area (Å²) >= 11 is 0. The number of fused-ring (bicyclic) bond motifs is 1. The number of allylic oxidation sites excluding steroid dienone is 4. The molecule has 0 atom stereocenters. The topological polar surface area (TPSA) is 12.9 Å². The van der Waals surface area contributed by atoms with Gasteiger partial charge in [0.05, 0.1) is 8.07 Å². The molecule has 0 spiro atoms. The highest BCUT2D eigenvalue weighted by atomic mass is 28.3. The van der Waals surface area contributed by atoms with Gasteiger partial charge in [-0.25, -0.2) is 0 Å². The van der Waals surface area contributed by atoms with Crippen LogP contribution in [0.3, 0.4) is 0 Å². The molecule has 0 unspecified atom stereocenters. The van der Waals surface area contributed by atoms with Crippen molar-refractivity contribution in [1.29, 1.82) is 0 Å². The number of nitrogens with zero attached hydrogens (tertiary/aromatic N) is 1. The first-order valence-corrected chi connectivity index (χ1v) is 10.6. The number of hydrogen-bond donors (Lipinski definition) is 0. The van der Waals surface area contributed by atoms with Gasteiger partial charge in [0, 0.05) is 24.2 Å². The zero-order valence-corrected chi connectivity index (χ0v) is 13.4. The van der Waals surface area contributed by atoms with Crippen LogP contribution in [0, 0.1) is 29.7 Å². The van der Waals surface area contributed by atoms with Crippen molar-refractivity contribution in [1.82, 2.24) is 4.98 Å². The predicted molar refractivity (Wildman–Crippen MR) is 86.8 cm³/mol. The molecule has 101 valence electrons. The van der Waals surface area contributed by atoms with Crippen molar-refractivity contribution in [3.05, 3.63) is 84.1 Å². The fourth-order valence-corrected chi connectivity index (χ4v) is 4.45. The summed E-state index contributed by atoms with van der Waals surface area (Å²) in [6, 6.07) is 4.17. The third-order valence-corrected chi connectivity index (χ3v) is 5.84. The van der Waals surface area contributed by atoms with Crippen LogP contribution >= 0.6 is 0 Å². The Balaban J connectivity index is 1.82. The number of rotatable bonds is 3. The van der Waals surface area contributed by atoms with Gasteiger partial charge in [-0.05, 0) is 35.9 Å². The molecule has 5 radical (unpaired) electrons. The summed E-state index contributed by atoms with van der Waals surface area (Å²) in [6.45, 7) is 7.26. The molecule has 0 bridgehead atoms. The Bertz CT molecular complexity index is 512. The Morgan fingerprint density at radius 3 is 2.45 bits per heavy atom. The third kappa shape index (κ3) is 2.66. The molecule has 2 aliphatic carbocycles. The molecule has 1 fully saturated rings. The fourth-order valence-electron chi connectivity index (χ4n) is 2.82. The number of hydrogen-bond acceptors (Lipinski definition) is 1. The predicted octanol–water partition coefficient (Wildman–Crippen LogP) is 4.14. The second-order valence-corrected chi connectivity index (χ2v) is 11.5. The SMILES string of the molecule is C[Si](C)(C)[C]1[CH][C](Cc2cccnc2)[C]2C=CC=C[C]21. The molecule has 0 N–H and O–H groups in total. The average molecular weight is 278 g/mol. The molecule has 0 saturated heterocycles. The molecule has 2 heteroatoms. The molecular formula is C18H20NSi. The van der Waals surface area contributed by atoms with E-state index in [4.69, 9.17) is 0 Å². The van der Waals surface area contributed by atoms with Gasteiger partial charge in [-0.3, -0.25) is 4.98 Å². The molecule has 0 aliphatic heterocycles. The highest BCUT2D eigenvalue weighted by Gasteiger charge is 2.48. The fraction of sp³-hybridized carbons (Fsp3) is 0.222. The second-order valence-electron chi connectivity index (χ2n) is 6.42. The average Bonchev–Trinajstić information content (AvgIpc) is 2.79. The largest absolute Gasteiger partial charge is 0.264 e. The van der Waals surface area contributed by atoms with E-state index in [1.807, 2.05) is 18.5 Å². The summed E-state index contributed by atoms with van der Waals surface area (Å²) in [7, 11) is -1.31. The standard InChI is InChI=1S/C18H20NSi/c1-20(2,3)18-12-15(11-14-7-6-10-19-13-14)16-8-4-5-9-17(16)18/h4-10,12-13H,11H2,1-3H3. The van der Waals surface area contributed by atoms with Crippen molar-refractivity contribution in [2.45, 2.75) is 26.1 Å².